The van der Waals surface area contributed by atoms with Crippen LogP contribution >= 0.6 is 0 Å². The maximum atomic E-state index is 11.3. The van der Waals surface area contributed by atoms with E-state index in [2.05, 4.69) is 25.4 Å². The van der Waals surface area contributed by atoms with Gasteiger partial charge in [0, 0.05) is 51.2 Å². The first-order chi connectivity index (χ1) is 10.7. The summed E-state index contributed by atoms with van der Waals surface area (Å²) in [7, 11) is 0. The molecule has 0 unspecified atom stereocenters. The molecule has 1 saturated heterocycles. The van der Waals surface area contributed by atoms with E-state index in [0.29, 0.717) is 5.82 Å². The molecule has 3 heterocycles. The van der Waals surface area contributed by atoms with Crippen molar-refractivity contribution in [2.24, 2.45) is 0 Å². The molecule has 0 saturated carbocycles. The highest BCUT2D eigenvalue weighted by molar-refractivity contribution is 5.73. The minimum Gasteiger partial charge on any atom is -0.352 e. The van der Waals surface area contributed by atoms with Gasteiger partial charge in [0.25, 0.3) is 0 Å². The van der Waals surface area contributed by atoms with Crippen molar-refractivity contribution in [2.45, 2.75) is 6.92 Å². The third-order valence-electron chi connectivity index (χ3n) is 3.65. The fourth-order valence-corrected chi connectivity index (χ4v) is 2.39. The van der Waals surface area contributed by atoms with Gasteiger partial charge in [-0.3, -0.25) is 9.78 Å². The molecule has 1 aliphatic rings. The summed E-state index contributed by atoms with van der Waals surface area (Å²) in [5, 5.41) is 11.6. The Morgan fingerprint density at radius 1 is 1.05 bits per heavy atom. The summed E-state index contributed by atoms with van der Waals surface area (Å²) < 4.78 is 0. The Morgan fingerprint density at radius 2 is 1.77 bits per heavy atom. The van der Waals surface area contributed by atoms with Gasteiger partial charge in [0.1, 0.15) is 0 Å². The van der Waals surface area contributed by atoms with Crippen LogP contribution in [0.3, 0.4) is 0 Å². The van der Waals surface area contributed by atoms with E-state index in [-0.39, 0.29) is 5.91 Å². The Balaban J connectivity index is 1.61. The quantitative estimate of drug-likeness (QED) is 0.920. The lowest BCUT2D eigenvalue weighted by molar-refractivity contribution is -0.129. The third-order valence-corrected chi connectivity index (χ3v) is 3.65. The SMILES string of the molecule is CC(=O)N1CCN(c2ccc(Nc3ccncc3)nn2)CC1. The zero-order valence-electron chi connectivity index (χ0n) is 12.4. The van der Waals surface area contributed by atoms with E-state index in [1.807, 2.05) is 29.2 Å². The van der Waals surface area contributed by atoms with E-state index >= 15 is 0 Å². The van der Waals surface area contributed by atoms with Gasteiger partial charge >= 0.3 is 0 Å². The fraction of sp³-hybridized carbons (Fsp3) is 0.333. The molecule has 1 N–H and O–H groups in total. The summed E-state index contributed by atoms with van der Waals surface area (Å²) in [5.41, 5.74) is 0.923. The predicted molar refractivity (Wildman–Crippen MR) is 84.0 cm³/mol. The van der Waals surface area contributed by atoms with Gasteiger partial charge in [0.05, 0.1) is 0 Å². The maximum absolute atomic E-state index is 11.3. The highest BCUT2D eigenvalue weighted by Gasteiger charge is 2.19. The topological polar surface area (TPSA) is 74.2 Å². The average Bonchev–Trinajstić information content (AvgIpc) is 2.57. The largest absolute Gasteiger partial charge is 0.352 e. The molecule has 3 rings (SSSR count). The normalized spacial score (nSPS) is 14.8. The summed E-state index contributed by atoms with van der Waals surface area (Å²) in [6, 6.07) is 7.59. The molecular formula is C15H18N6O. The Kier molecular flexibility index (Phi) is 4.13. The first-order valence-electron chi connectivity index (χ1n) is 7.23. The van der Waals surface area contributed by atoms with Gasteiger partial charge in [-0.25, -0.2) is 0 Å². The van der Waals surface area contributed by atoms with E-state index in [4.69, 9.17) is 0 Å². The fourth-order valence-electron chi connectivity index (χ4n) is 2.39. The molecular weight excluding hydrogens is 280 g/mol. The second-order valence-corrected chi connectivity index (χ2v) is 5.13. The number of hydrogen-bond donors (Lipinski definition) is 1. The van der Waals surface area contributed by atoms with Crippen molar-refractivity contribution in [3.8, 4) is 0 Å². The van der Waals surface area contributed by atoms with Crippen LogP contribution in [0.15, 0.2) is 36.7 Å². The zero-order chi connectivity index (χ0) is 15.4. The number of hydrogen-bond acceptors (Lipinski definition) is 6. The summed E-state index contributed by atoms with van der Waals surface area (Å²) in [5.74, 6) is 1.66. The van der Waals surface area contributed by atoms with Crippen LogP contribution < -0.4 is 10.2 Å². The molecule has 2 aromatic rings. The molecule has 0 atom stereocenters. The molecule has 0 radical (unpaired) electrons. The van der Waals surface area contributed by atoms with Crippen molar-refractivity contribution < 1.29 is 4.79 Å². The highest BCUT2D eigenvalue weighted by Crippen LogP contribution is 2.17. The third kappa shape index (κ3) is 3.30. The molecule has 1 amide bonds. The molecule has 0 bridgehead atoms. The van der Waals surface area contributed by atoms with Gasteiger partial charge < -0.3 is 15.1 Å². The second kappa shape index (κ2) is 6.38. The van der Waals surface area contributed by atoms with Crippen LogP contribution in [0.1, 0.15) is 6.92 Å². The zero-order valence-corrected chi connectivity index (χ0v) is 12.4. The van der Waals surface area contributed by atoms with Crippen molar-refractivity contribution in [3.63, 3.8) is 0 Å². The molecule has 0 aromatic carbocycles. The van der Waals surface area contributed by atoms with Crippen LogP contribution in [0, 0.1) is 0 Å². The van der Waals surface area contributed by atoms with Crippen molar-refractivity contribution in [2.75, 3.05) is 36.4 Å². The number of aromatic nitrogens is 3. The lowest BCUT2D eigenvalue weighted by Gasteiger charge is -2.34. The summed E-state index contributed by atoms with van der Waals surface area (Å²) in [6.45, 7) is 4.63. The number of pyridine rings is 1. The Labute approximate surface area is 129 Å². The van der Waals surface area contributed by atoms with Crippen LogP contribution in [-0.4, -0.2) is 52.2 Å². The lowest BCUT2D eigenvalue weighted by Crippen LogP contribution is -2.48. The van der Waals surface area contributed by atoms with Crippen LogP contribution in [0.2, 0.25) is 0 Å². The van der Waals surface area contributed by atoms with Gasteiger partial charge in [0.15, 0.2) is 11.6 Å². The molecule has 7 heteroatoms. The Morgan fingerprint density at radius 3 is 2.36 bits per heavy atom. The molecule has 0 aliphatic carbocycles. The molecule has 22 heavy (non-hydrogen) atoms. The lowest BCUT2D eigenvalue weighted by atomic mass is 10.3. The summed E-state index contributed by atoms with van der Waals surface area (Å²) in [4.78, 5) is 19.3. The van der Waals surface area contributed by atoms with E-state index < -0.39 is 0 Å². The average molecular weight is 298 g/mol. The molecule has 0 spiro atoms. The van der Waals surface area contributed by atoms with Crippen molar-refractivity contribution in [1.29, 1.82) is 0 Å². The molecule has 2 aromatic heterocycles. The monoisotopic (exact) mass is 298 g/mol. The van der Waals surface area contributed by atoms with Gasteiger partial charge in [0.2, 0.25) is 5.91 Å². The number of nitrogens with zero attached hydrogens (tertiary/aromatic N) is 5. The van der Waals surface area contributed by atoms with E-state index in [0.717, 1.165) is 37.7 Å². The molecule has 7 nitrogen and oxygen atoms in total. The number of rotatable bonds is 3. The highest BCUT2D eigenvalue weighted by atomic mass is 16.2. The number of piperazine rings is 1. The van der Waals surface area contributed by atoms with Crippen molar-refractivity contribution >= 4 is 23.2 Å². The number of amides is 1. The first kappa shape index (κ1) is 14.2. The maximum Gasteiger partial charge on any atom is 0.219 e. The van der Waals surface area contributed by atoms with Crippen LogP contribution in [0.4, 0.5) is 17.3 Å². The number of nitrogens with one attached hydrogen (secondary N) is 1. The smallest absolute Gasteiger partial charge is 0.219 e. The number of carbonyl (C=O) groups is 1. The van der Waals surface area contributed by atoms with Crippen molar-refractivity contribution in [3.05, 3.63) is 36.7 Å². The Bertz CT molecular complexity index is 622. The minimum atomic E-state index is 0.127. The first-order valence-corrected chi connectivity index (χ1v) is 7.23. The minimum absolute atomic E-state index is 0.127. The molecule has 1 fully saturated rings. The second-order valence-electron chi connectivity index (χ2n) is 5.13. The Hall–Kier alpha value is -2.70. The standard InChI is InChI=1S/C15H18N6O/c1-12(22)20-8-10-21(11-9-20)15-3-2-14(18-19-15)17-13-4-6-16-7-5-13/h2-7H,8-11H2,1H3,(H,16,17,18). The van der Waals surface area contributed by atoms with E-state index in [1.165, 1.54) is 0 Å². The van der Waals surface area contributed by atoms with Gasteiger partial charge in [-0.1, -0.05) is 0 Å². The van der Waals surface area contributed by atoms with Crippen LogP contribution in [0.5, 0.6) is 0 Å². The summed E-state index contributed by atoms with van der Waals surface area (Å²) >= 11 is 0. The van der Waals surface area contributed by atoms with Gasteiger partial charge in [-0.05, 0) is 24.3 Å². The van der Waals surface area contributed by atoms with E-state index in [1.54, 1.807) is 19.3 Å². The summed E-state index contributed by atoms with van der Waals surface area (Å²) in [6.07, 6.45) is 3.44. The van der Waals surface area contributed by atoms with E-state index in [9.17, 15) is 4.79 Å². The van der Waals surface area contributed by atoms with Gasteiger partial charge in [-0.2, -0.15) is 0 Å². The van der Waals surface area contributed by atoms with Crippen LogP contribution in [0.25, 0.3) is 0 Å². The van der Waals surface area contributed by atoms with Gasteiger partial charge in [-0.15, -0.1) is 10.2 Å². The number of anilines is 3. The predicted octanol–water partition coefficient (Wildman–Crippen LogP) is 1.28. The molecule has 114 valence electrons. The van der Waals surface area contributed by atoms with Crippen LogP contribution in [-0.2, 0) is 4.79 Å². The van der Waals surface area contributed by atoms with Crippen molar-refractivity contribution in [1.82, 2.24) is 20.1 Å². The number of carbonyl (C=O) groups excluding carboxylic acids is 1. The molecule has 1 aliphatic heterocycles.